The van der Waals surface area contributed by atoms with Gasteiger partial charge in [0.1, 0.15) is 16.4 Å². The average Bonchev–Trinajstić information content (AvgIpc) is 3.17. The Bertz CT molecular complexity index is 1330. The van der Waals surface area contributed by atoms with Crippen LogP contribution in [-0.2, 0) is 0 Å². The minimum atomic E-state index is -0.560. The number of hydrazone groups is 1. The Hall–Kier alpha value is -3.68. The first-order valence-electron chi connectivity index (χ1n) is 9.53. The number of benzene rings is 3. The fourth-order valence-corrected chi connectivity index (χ4v) is 4.41. The summed E-state index contributed by atoms with van der Waals surface area (Å²) in [5.41, 5.74) is 3.32. The summed E-state index contributed by atoms with van der Waals surface area (Å²) in [5.74, 6) is -0.253. The Morgan fingerprint density at radius 1 is 0.969 bits per heavy atom. The van der Waals surface area contributed by atoms with Gasteiger partial charge in [-0.05, 0) is 30.3 Å². The van der Waals surface area contributed by atoms with Gasteiger partial charge in [0, 0.05) is 15.6 Å². The summed E-state index contributed by atoms with van der Waals surface area (Å²) in [5, 5.41) is 5.16. The molecule has 0 radical (unpaired) electrons. The Morgan fingerprint density at radius 3 is 2.44 bits per heavy atom. The number of methoxy groups -OCH3 is 1. The minimum absolute atomic E-state index is 0.293. The number of para-hydroxylation sites is 2. The minimum Gasteiger partial charge on any atom is -0.496 e. The molecule has 0 bridgehead atoms. The zero-order valence-corrected chi connectivity index (χ0v) is 18.4. The van der Waals surface area contributed by atoms with Crippen molar-refractivity contribution < 1.29 is 19.1 Å². The molecule has 0 fully saturated rings. The lowest BCUT2D eigenvalue weighted by Crippen LogP contribution is -2.18. The molecular formula is C24H17ClN2O4S. The molecule has 0 aliphatic rings. The highest BCUT2D eigenvalue weighted by atomic mass is 35.5. The van der Waals surface area contributed by atoms with Gasteiger partial charge in [-0.25, -0.2) is 10.2 Å². The lowest BCUT2D eigenvalue weighted by atomic mass is 10.2. The molecule has 0 saturated carbocycles. The van der Waals surface area contributed by atoms with Crippen LogP contribution in [0.5, 0.6) is 11.5 Å². The molecule has 0 aliphatic carbocycles. The number of nitrogens with one attached hydrogen (secondary N) is 1. The van der Waals surface area contributed by atoms with E-state index in [1.54, 1.807) is 48.5 Å². The molecular weight excluding hydrogens is 448 g/mol. The Kier molecular flexibility index (Phi) is 6.49. The zero-order valence-electron chi connectivity index (χ0n) is 16.9. The summed E-state index contributed by atoms with van der Waals surface area (Å²) in [6.45, 7) is 0. The Labute approximate surface area is 193 Å². The standard InChI is InChI=1S/C24H17ClN2O4S/c1-30-19-12-6-3-9-16(19)23(28)27-26-14-15-8-2-5-11-18(15)31-24(29)22-21(25)17-10-4-7-13-20(17)32-22/h2-14H,1H3,(H,27,28). The highest BCUT2D eigenvalue weighted by molar-refractivity contribution is 7.21. The van der Waals surface area contributed by atoms with Crippen LogP contribution in [0.25, 0.3) is 10.1 Å². The number of esters is 1. The number of nitrogens with zero attached hydrogens (tertiary/aromatic N) is 1. The van der Waals surface area contributed by atoms with Crippen LogP contribution in [-0.4, -0.2) is 25.2 Å². The third-order valence-corrected chi connectivity index (χ3v) is 6.22. The molecule has 1 N–H and O–H groups in total. The van der Waals surface area contributed by atoms with E-state index in [4.69, 9.17) is 21.1 Å². The fourth-order valence-electron chi connectivity index (χ4n) is 3.02. The fraction of sp³-hybridized carbons (Fsp3) is 0.0417. The number of halogens is 1. The van der Waals surface area contributed by atoms with Crippen LogP contribution in [0.15, 0.2) is 77.9 Å². The molecule has 0 unspecified atom stereocenters. The molecule has 3 aromatic carbocycles. The van der Waals surface area contributed by atoms with Crippen LogP contribution in [0.4, 0.5) is 0 Å². The summed E-state index contributed by atoms with van der Waals surface area (Å²) in [7, 11) is 1.49. The largest absolute Gasteiger partial charge is 0.496 e. The van der Waals surface area contributed by atoms with Gasteiger partial charge in [0.25, 0.3) is 5.91 Å². The number of rotatable bonds is 6. The second-order valence-corrected chi connectivity index (χ2v) is 8.00. The first kappa shape index (κ1) is 21.5. The van der Waals surface area contributed by atoms with Crippen molar-refractivity contribution in [2.75, 3.05) is 7.11 Å². The van der Waals surface area contributed by atoms with E-state index in [1.165, 1.54) is 24.7 Å². The van der Waals surface area contributed by atoms with Crippen molar-refractivity contribution in [2.24, 2.45) is 5.10 Å². The molecule has 1 heterocycles. The number of carbonyl (C=O) groups is 2. The van der Waals surface area contributed by atoms with Gasteiger partial charge in [-0.15, -0.1) is 11.3 Å². The number of hydrogen-bond acceptors (Lipinski definition) is 6. The summed E-state index contributed by atoms with van der Waals surface area (Å²) < 4.78 is 11.7. The molecule has 4 aromatic rings. The average molecular weight is 465 g/mol. The quantitative estimate of drug-likeness (QED) is 0.176. The van der Waals surface area contributed by atoms with Gasteiger partial charge in [-0.2, -0.15) is 5.10 Å². The van der Waals surface area contributed by atoms with Crippen LogP contribution in [0.3, 0.4) is 0 Å². The topological polar surface area (TPSA) is 77.0 Å². The van der Waals surface area contributed by atoms with E-state index in [-0.39, 0.29) is 0 Å². The van der Waals surface area contributed by atoms with Crippen molar-refractivity contribution in [2.45, 2.75) is 0 Å². The highest BCUT2D eigenvalue weighted by Gasteiger charge is 2.19. The number of hydrogen-bond donors (Lipinski definition) is 1. The predicted octanol–water partition coefficient (Wildman–Crippen LogP) is 5.55. The normalized spacial score (nSPS) is 10.9. The molecule has 0 aliphatic heterocycles. The van der Waals surface area contributed by atoms with E-state index < -0.39 is 11.9 Å². The van der Waals surface area contributed by atoms with Gasteiger partial charge in [0.05, 0.1) is 23.9 Å². The molecule has 0 atom stereocenters. The number of carbonyl (C=O) groups excluding carboxylic acids is 2. The summed E-state index contributed by atoms with van der Waals surface area (Å²) in [4.78, 5) is 25.5. The van der Waals surface area contributed by atoms with E-state index in [2.05, 4.69) is 10.5 Å². The lowest BCUT2D eigenvalue weighted by Gasteiger charge is -2.07. The summed E-state index contributed by atoms with van der Waals surface area (Å²) in [6, 6.07) is 21.2. The van der Waals surface area contributed by atoms with E-state index in [1.807, 2.05) is 24.3 Å². The van der Waals surface area contributed by atoms with Crippen molar-refractivity contribution >= 4 is 51.1 Å². The van der Waals surface area contributed by atoms with Crippen LogP contribution in [0.1, 0.15) is 25.6 Å². The summed E-state index contributed by atoms with van der Waals surface area (Å²) in [6.07, 6.45) is 1.41. The number of amides is 1. The molecule has 8 heteroatoms. The smallest absolute Gasteiger partial charge is 0.355 e. The van der Waals surface area contributed by atoms with Gasteiger partial charge >= 0.3 is 5.97 Å². The molecule has 4 rings (SSSR count). The molecule has 1 amide bonds. The zero-order chi connectivity index (χ0) is 22.5. The van der Waals surface area contributed by atoms with Crippen molar-refractivity contribution in [3.05, 3.63) is 93.8 Å². The van der Waals surface area contributed by atoms with Crippen LogP contribution in [0.2, 0.25) is 5.02 Å². The van der Waals surface area contributed by atoms with Crippen LogP contribution >= 0.6 is 22.9 Å². The molecule has 160 valence electrons. The highest BCUT2D eigenvalue weighted by Crippen LogP contribution is 2.36. The summed E-state index contributed by atoms with van der Waals surface area (Å²) >= 11 is 7.66. The maximum atomic E-state index is 12.8. The van der Waals surface area contributed by atoms with E-state index >= 15 is 0 Å². The third kappa shape index (κ3) is 4.49. The van der Waals surface area contributed by atoms with Crippen molar-refractivity contribution in [1.82, 2.24) is 5.43 Å². The van der Waals surface area contributed by atoms with Crippen LogP contribution < -0.4 is 14.9 Å². The molecule has 0 saturated heterocycles. The number of fused-ring (bicyclic) bond motifs is 1. The molecule has 6 nitrogen and oxygen atoms in total. The Balaban J connectivity index is 1.51. The third-order valence-electron chi connectivity index (χ3n) is 4.56. The SMILES string of the molecule is COc1ccccc1C(=O)NN=Cc1ccccc1OC(=O)c1sc2ccccc2c1Cl. The van der Waals surface area contributed by atoms with E-state index in [0.717, 1.165) is 10.1 Å². The van der Waals surface area contributed by atoms with Gasteiger partial charge in [-0.1, -0.05) is 54.1 Å². The van der Waals surface area contributed by atoms with Gasteiger partial charge in [-0.3, -0.25) is 4.79 Å². The Morgan fingerprint density at radius 2 is 1.66 bits per heavy atom. The van der Waals surface area contributed by atoms with Crippen LogP contribution in [0, 0.1) is 0 Å². The van der Waals surface area contributed by atoms with Gasteiger partial charge in [0.15, 0.2) is 0 Å². The number of ether oxygens (including phenoxy) is 2. The molecule has 32 heavy (non-hydrogen) atoms. The maximum absolute atomic E-state index is 12.8. The molecule has 1 aromatic heterocycles. The van der Waals surface area contributed by atoms with Crippen molar-refractivity contribution in [3.63, 3.8) is 0 Å². The second-order valence-electron chi connectivity index (χ2n) is 6.57. The van der Waals surface area contributed by atoms with E-state index in [9.17, 15) is 9.59 Å². The van der Waals surface area contributed by atoms with Crippen molar-refractivity contribution in [1.29, 1.82) is 0 Å². The first-order chi connectivity index (χ1) is 15.6. The second kappa shape index (κ2) is 9.64. The van der Waals surface area contributed by atoms with Gasteiger partial charge < -0.3 is 9.47 Å². The first-order valence-corrected chi connectivity index (χ1v) is 10.7. The molecule has 0 spiro atoms. The van der Waals surface area contributed by atoms with Gasteiger partial charge in [0.2, 0.25) is 0 Å². The maximum Gasteiger partial charge on any atom is 0.355 e. The monoisotopic (exact) mass is 464 g/mol. The predicted molar refractivity (Wildman–Crippen MR) is 126 cm³/mol. The van der Waals surface area contributed by atoms with Crippen molar-refractivity contribution in [3.8, 4) is 11.5 Å². The lowest BCUT2D eigenvalue weighted by molar-refractivity contribution is 0.0739. The van der Waals surface area contributed by atoms with E-state index in [0.29, 0.717) is 32.5 Å². The number of thiophene rings is 1.